The number of carbonyl (C=O) groups excluding carboxylic acids is 2. The topological polar surface area (TPSA) is 78.4 Å². The van der Waals surface area contributed by atoms with Crippen molar-refractivity contribution in [2.45, 2.75) is 32.7 Å². The molecule has 5 heteroatoms. The van der Waals surface area contributed by atoms with Gasteiger partial charge in [0.25, 0.3) is 11.8 Å². The maximum Gasteiger partial charge on any atom is 0.255 e. The molecule has 1 aromatic carbocycles. The van der Waals surface area contributed by atoms with Crippen molar-refractivity contribution in [3.05, 3.63) is 82.8 Å². The Morgan fingerprint density at radius 3 is 2.52 bits per heavy atom. The van der Waals surface area contributed by atoms with E-state index in [0.717, 1.165) is 12.0 Å². The van der Waals surface area contributed by atoms with Gasteiger partial charge in [0.05, 0.1) is 6.04 Å². The fourth-order valence-corrected chi connectivity index (χ4v) is 2.97. The standard InChI is InChI=1S/C22H24N2O3/c1-14-3-7-16(8-4-14)21(26)23-18-11-12-20(25)19(13-18)24-22(27)17-9-5-15(2)6-10-17/h3,5-12,14,19,25H,4,13H2,1-2H3,(H,23,26)(H,24,27). The lowest BCUT2D eigenvalue weighted by Gasteiger charge is -2.23. The quantitative estimate of drug-likeness (QED) is 0.766. The molecule has 1 aromatic rings. The van der Waals surface area contributed by atoms with E-state index in [-0.39, 0.29) is 17.6 Å². The van der Waals surface area contributed by atoms with Gasteiger partial charge in [-0.3, -0.25) is 9.59 Å². The van der Waals surface area contributed by atoms with Gasteiger partial charge in [-0.2, -0.15) is 0 Å². The zero-order chi connectivity index (χ0) is 19.4. The number of nitrogens with one attached hydrogen (secondary N) is 2. The fraction of sp³-hybridized carbons (Fsp3) is 0.273. The summed E-state index contributed by atoms with van der Waals surface area (Å²) in [5.74, 6) is 0.0676. The predicted molar refractivity (Wildman–Crippen MR) is 105 cm³/mol. The lowest BCUT2D eigenvalue weighted by Crippen LogP contribution is -2.39. The zero-order valence-electron chi connectivity index (χ0n) is 15.5. The van der Waals surface area contributed by atoms with Gasteiger partial charge in [-0.1, -0.05) is 42.8 Å². The highest BCUT2D eigenvalue weighted by Gasteiger charge is 2.23. The monoisotopic (exact) mass is 364 g/mol. The fourth-order valence-electron chi connectivity index (χ4n) is 2.97. The maximum atomic E-state index is 12.4. The second kappa shape index (κ2) is 8.08. The Kier molecular flexibility index (Phi) is 5.60. The Balaban J connectivity index is 1.62. The SMILES string of the molecule is Cc1ccc(C(=O)NC2CC(NC(=O)C3=CCC(C)C=C3)=CC=C2O)cc1. The van der Waals surface area contributed by atoms with E-state index in [0.29, 0.717) is 29.2 Å². The lowest BCUT2D eigenvalue weighted by atomic mass is 9.97. The Hall–Kier alpha value is -3.08. The second-order valence-electron chi connectivity index (χ2n) is 7.07. The average Bonchev–Trinajstić information content (AvgIpc) is 2.65. The van der Waals surface area contributed by atoms with Gasteiger partial charge < -0.3 is 15.7 Å². The van der Waals surface area contributed by atoms with Crippen LogP contribution in [0.15, 0.2) is 71.7 Å². The molecule has 5 nitrogen and oxygen atoms in total. The summed E-state index contributed by atoms with van der Waals surface area (Å²) in [5, 5.41) is 15.8. The molecule has 2 unspecified atom stereocenters. The first-order chi connectivity index (χ1) is 12.9. The molecule has 0 heterocycles. The molecular formula is C22H24N2O3. The van der Waals surface area contributed by atoms with Gasteiger partial charge in [-0.05, 0) is 43.5 Å². The van der Waals surface area contributed by atoms with Gasteiger partial charge >= 0.3 is 0 Å². The second-order valence-corrected chi connectivity index (χ2v) is 7.07. The van der Waals surface area contributed by atoms with Gasteiger partial charge in [0.1, 0.15) is 5.76 Å². The Bertz CT molecular complexity index is 860. The number of hydrogen-bond acceptors (Lipinski definition) is 3. The summed E-state index contributed by atoms with van der Waals surface area (Å²) in [7, 11) is 0. The van der Waals surface area contributed by atoms with Crippen LogP contribution in [0.3, 0.4) is 0 Å². The van der Waals surface area contributed by atoms with Crippen LogP contribution in [0, 0.1) is 12.8 Å². The Morgan fingerprint density at radius 1 is 1.11 bits per heavy atom. The summed E-state index contributed by atoms with van der Waals surface area (Å²) in [6.45, 7) is 4.05. The number of hydrogen-bond donors (Lipinski definition) is 3. The van der Waals surface area contributed by atoms with Crippen LogP contribution < -0.4 is 10.6 Å². The molecule has 0 spiro atoms. The molecule has 0 saturated carbocycles. The molecule has 140 valence electrons. The number of benzene rings is 1. The van der Waals surface area contributed by atoms with E-state index < -0.39 is 6.04 Å². The molecule has 0 saturated heterocycles. The van der Waals surface area contributed by atoms with E-state index in [9.17, 15) is 14.7 Å². The third-order valence-corrected chi connectivity index (χ3v) is 4.71. The van der Waals surface area contributed by atoms with Crippen molar-refractivity contribution in [3.63, 3.8) is 0 Å². The summed E-state index contributed by atoms with van der Waals surface area (Å²) in [4.78, 5) is 24.8. The minimum atomic E-state index is -0.574. The molecule has 3 rings (SSSR count). The van der Waals surface area contributed by atoms with Gasteiger partial charge in [-0.25, -0.2) is 0 Å². The summed E-state index contributed by atoms with van der Waals surface area (Å²) in [6.07, 6.45) is 10.1. The van der Waals surface area contributed by atoms with E-state index in [1.165, 1.54) is 6.08 Å². The highest BCUT2D eigenvalue weighted by atomic mass is 16.3. The van der Waals surface area contributed by atoms with E-state index >= 15 is 0 Å². The molecule has 0 fully saturated rings. The smallest absolute Gasteiger partial charge is 0.255 e. The number of aliphatic hydroxyl groups is 1. The minimum absolute atomic E-state index is 0.0686. The Morgan fingerprint density at radius 2 is 1.85 bits per heavy atom. The summed E-state index contributed by atoms with van der Waals surface area (Å²) in [5.41, 5.74) is 2.88. The van der Waals surface area contributed by atoms with Crippen LogP contribution in [0.2, 0.25) is 0 Å². The molecule has 2 aliphatic carbocycles. The molecule has 2 aliphatic rings. The number of carbonyl (C=O) groups is 2. The predicted octanol–water partition coefficient (Wildman–Crippen LogP) is 3.46. The number of aliphatic hydroxyl groups excluding tert-OH is 1. The van der Waals surface area contributed by atoms with Crippen LogP contribution in [-0.4, -0.2) is 23.0 Å². The first-order valence-corrected chi connectivity index (χ1v) is 9.09. The normalized spacial score (nSPS) is 21.6. The highest BCUT2D eigenvalue weighted by Crippen LogP contribution is 2.19. The van der Waals surface area contributed by atoms with Crippen molar-refractivity contribution in [1.29, 1.82) is 0 Å². The number of allylic oxidation sites excluding steroid dienone is 4. The van der Waals surface area contributed by atoms with Crippen LogP contribution in [-0.2, 0) is 4.79 Å². The van der Waals surface area contributed by atoms with Crippen LogP contribution in [0.25, 0.3) is 0 Å². The zero-order valence-corrected chi connectivity index (χ0v) is 15.5. The number of rotatable bonds is 4. The van der Waals surface area contributed by atoms with Crippen LogP contribution in [0.4, 0.5) is 0 Å². The van der Waals surface area contributed by atoms with Gasteiger partial charge in [0, 0.05) is 23.3 Å². The third kappa shape index (κ3) is 4.76. The molecule has 0 aliphatic heterocycles. The molecule has 0 bridgehead atoms. The molecule has 3 N–H and O–H groups in total. The van der Waals surface area contributed by atoms with Gasteiger partial charge in [0.2, 0.25) is 0 Å². The molecule has 0 aromatic heterocycles. The summed E-state index contributed by atoms with van der Waals surface area (Å²) < 4.78 is 0. The Labute approximate surface area is 159 Å². The molecule has 27 heavy (non-hydrogen) atoms. The van der Waals surface area contributed by atoms with Crippen molar-refractivity contribution in [3.8, 4) is 0 Å². The number of amides is 2. The van der Waals surface area contributed by atoms with E-state index in [1.807, 2.05) is 37.3 Å². The molecule has 0 radical (unpaired) electrons. The molecule has 2 atom stereocenters. The van der Waals surface area contributed by atoms with Crippen LogP contribution in [0.1, 0.15) is 35.7 Å². The number of aryl methyl sites for hydroxylation is 1. The first kappa shape index (κ1) is 18.7. The largest absolute Gasteiger partial charge is 0.510 e. The van der Waals surface area contributed by atoms with Crippen molar-refractivity contribution < 1.29 is 14.7 Å². The van der Waals surface area contributed by atoms with Gasteiger partial charge in [0.15, 0.2) is 0 Å². The van der Waals surface area contributed by atoms with Crippen LogP contribution >= 0.6 is 0 Å². The first-order valence-electron chi connectivity index (χ1n) is 9.09. The van der Waals surface area contributed by atoms with Crippen molar-refractivity contribution >= 4 is 11.8 Å². The summed E-state index contributed by atoms with van der Waals surface area (Å²) >= 11 is 0. The van der Waals surface area contributed by atoms with Crippen molar-refractivity contribution in [2.75, 3.05) is 0 Å². The minimum Gasteiger partial charge on any atom is -0.510 e. The highest BCUT2D eigenvalue weighted by molar-refractivity contribution is 5.97. The van der Waals surface area contributed by atoms with Crippen molar-refractivity contribution in [2.24, 2.45) is 5.92 Å². The van der Waals surface area contributed by atoms with Gasteiger partial charge in [-0.15, -0.1) is 0 Å². The van der Waals surface area contributed by atoms with E-state index in [1.54, 1.807) is 18.2 Å². The molecular weight excluding hydrogens is 340 g/mol. The van der Waals surface area contributed by atoms with E-state index in [4.69, 9.17) is 0 Å². The lowest BCUT2D eigenvalue weighted by molar-refractivity contribution is -0.116. The van der Waals surface area contributed by atoms with Crippen LogP contribution in [0.5, 0.6) is 0 Å². The average molecular weight is 364 g/mol. The molecule has 2 amide bonds. The van der Waals surface area contributed by atoms with Crippen molar-refractivity contribution in [1.82, 2.24) is 10.6 Å². The summed E-state index contributed by atoms with van der Waals surface area (Å²) in [6, 6.07) is 6.65. The third-order valence-electron chi connectivity index (χ3n) is 4.71. The maximum absolute atomic E-state index is 12.4. The van der Waals surface area contributed by atoms with E-state index in [2.05, 4.69) is 17.6 Å².